The van der Waals surface area contributed by atoms with Crippen molar-refractivity contribution in [3.63, 3.8) is 0 Å². The Morgan fingerprint density at radius 2 is 1.76 bits per heavy atom. The van der Waals surface area contributed by atoms with Gasteiger partial charge < -0.3 is 11.1 Å². The SMILES string of the molecule is CCC(N)(CC)CNC(=O)CSC(F)(F)F.Cl. The van der Waals surface area contributed by atoms with Crippen molar-refractivity contribution in [1.29, 1.82) is 0 Å². The molecule has 0 aromatic rings. The van der Waals surface area contributed by atoms with Gasteiger partial charge in [-0.05, 0) is 24.6 Å². The van der Waals surface area contributed by atoms with E-state index in [-0.39, 0.29) is 30.7 Å². The first-order chi connectivity index (χ1) is 7.22. The maximum absolute atomic E-state index is 11.8. The zero-order chi connectivity index (χ0) is 12.8. The van der Waals surface area contributed by atoms with Gasteiger partial charge in [0.1, 0.15) is 0 Å². The first kappa shape index (κ1) is 19.2. The zero-order valence-electron chi connectivity index (χ0n) is 9.76. The van der Waals surface area contributed by atoms with Gasteiger partial charge in [-0.1, -0.05) is 13.8 Å². The Bertz CT molecular complexity index is 235. The van der Waals surface area contributed by atoms with Crippen molar-refractivity contribution in [2.75, 3.05) is 12.3 Å². The van der Waals surface area contributed by atoms with E-state index in [9.17, 15) is 18.0 Å². The van der Waals surface area contributed by atoms with E-state index in [0.29, 0.717) is 12.8 Å². The predicted molar refractivity (Wildman–Crippen MR) is 66.3 cm³/mol. The second-order valence-electron chi connectivity index (χ2n) is 3.58. The summed E-state index contributed by atoms with van der Waals surface area (Å²) < 4.78 is 35.3. The highest BCUT2D eigenvalue weighted by Crippen LogP contribution is 2.29. The van der Waals surface area contributed by atoms with Crippen LogP contribution in [0, 0.1) is 0 Å². The van der Waals surface area contributed by atoms with Crippen molar-refractivity contribution in [2.45, 2.75) is 37.7 Å². The molecule has 0 radical (unpaired) electrons. The molecule has 0 bridgehead atoms. The molecule has 0 aliphatic carbocycles. The van der Waals surface area contributed by atoms with E-state index in [1.807, 2.05) is 13.8 Å². The molecule has 0 unspecified atom stereocenters. The van der Waals surface area contributed by atoms with E-state index in [1.54, 1.807) is 0 Å². The third kappa shape index (κ3) is 9.55. The Morgan fingerprint density at radius 1 is 1.29 bits per heavy atom. The minimum absolute atomic E-state index is 0. The lowest BCUT2D eigenvalue weighted by molar-refractivity contribution is -0.119. The maximum Gasteiger partial charge on any atom is 0.442 e. The smallest absolute Gasteiger partial charge is 0.354 e. The lowest BCUT2D eigenvalue weighted by Crippen LogP contribution is -2.49. The molecule has 0 aliphatic rings. The highest BCUT2D eigenvalue weighted by atomic mass is 35.5. The topological polar surface area (TPSA) is 55.1 Å². The fourth-order valence-corrected chi connectivity index (χ4v) is 1.37. The van der Waals surface area contributed by atoms with E-state index in [4.69, 9.17) is 5.73 Å². The van der Waals surface area contributed by atoms with Crippen LogP contribution in [0.2, 0.25) is 0 Å². The van der Waals surface area contributed by atoms with Crippen LogP contribution in [0.3, 0.4) is 0 Å². The van der Waals surface area contributed by atoms with Crippen molar-refractivity contribution >= 4 is 30.1 Å². The van der Waals surface area contributed by atoms with Crippen LogP contribution < -0.4 is 11.1 Å². The number of carbonyl (C=O) groups excluding carboxylic acids is 1. The summed E-state index contributed by atoms with van der Waals surface area (Å²) in [7, 11) is 0. The fourth-order valence-electron chi connectivity index (χ4n) is 0.973. The number of nitrogens with two attached hydrogens (primary N) is 1. The summed E-state index contributed by atoms with van der Waals surface area (Å²) in [4.78, 5) is 11.1. The van der Waals surface area contributed by atoms with E-state index >= 15 is 0 Å². The van der Waals surface area contributed by atoms with Gasteiger partial charge in [-0.2, -0.15) is 13.2 Å². The average Bonchev–Trinajstić information content (AvgIpc) is 2.22. The second kappa shape index (κ2) is 8.05. The summed E-state index contributed by atoms with van der Waals surface area (Å²) in [6.45, 7) is 3.96. The van der Waals surface area contributed by atoms with Gasteiger partial charge in [-0.25, -0.2) is 0 Å². The molecule has 0 saturated carbocycles. The van der Waals surface area contributed by atoms with E-state index in [2.05, 4.69) is 5.32 Å². The molecule has 17 heavy (non-hydrogen) atoms. The van der Waals surface area contributed by atoms with Crippen molar-refractivity contribution in [3.8, 4) is 0 Å². The molecular weight excluding hydrogens is 277 g/mol. The molecule has 0 atom stereocenters. The largest absolute Gasteiger partial charge is 0.442 e. The number of carbonyl (C=O) groups is 1. The van der Waals surface area contributed by atoms with E-state index < -0.39 is 22.7 Å². The molecule has 0 aromatic carbocycles. The van der Waals surface area contributed by atoms with Gasteiger partial charge in [0.2, 0.25) is 5.91 Å². The minimum atomic E-state index is -4.37. The Morgan fingerprint density at radius 3 is 2.12 bits per heavy atom. The first-order valence-corrected chi connectivity index (χ1v) is 5.97. The fraction of sp³-hybridized carbons (Fsp3) is 0.889. The summed E-state index contributed by atoms with van der Waals surface area (Å²) >= 11 is -0.345. The van der Waals surface area contributed by atoms with Crippen LogP contribution >= 0.6 is 24.2 Å². The molecule has 0 spiro atoms. The quantitative estimate of drug-likeness (QED) is 0.790. The number of halogens is 4. The maximum atomic E-state index is 11.8. The van der Waals surface area contributed by atoms with Gasteiger partial charge >= 0.3 is 5.51 Å². The summed E-state index contributed by atoms with van der Waals surface area (Å²) in [5.41, 5.74) is 0.985. The molecule has 0 rings (SSSR count). The van der Waals surface area contributed by atoms with Gasteiger partial charge in [0.05, 0.1) is 5.75 Å². The van der Waals surface area contributed by atoms with Crippen LogP contribution in [-0.2, 0) is 4.79 Å². The molecule has 8 heteroatoms. The third-order valence-electron chi connectivity index (χ3n) is 2.41. The lowest BCUT2D eigenvalue weighted by Gasteiger charge is -2.26. The highest BCUT2D eigenvalue weighted by molar-refractivity contribution is 8.00. The lowest BCUT2D eigenvalue weighted by atomic mass is 9.94. The molecular formula is C9H18ClF3N2OS. The number of hydrogen-bond donors (Lipinski definition) is 2. The number of nitrogens with one attached hydrogen (secondary N) is 1. The molecule has 0 fully saturated rings. The van der Waals surface area contributed by atoms with Gasteiger partial charge in [-0.15, -0.1) is 12.4 Å². The van der Waals surface area contributed by atoms with Gasteiger partial charge in [-0.3, -0.25) is 4.79 Å². The predicted octanol–water partition coefficient (Wildman–Crippen LogP) is 2.29. The zero-order valence-corrected chi connectivity index (χ0v) is 11.4. The number of thioether (sulfide) groups is 1. The summed E-state index contributed by atoms with van der Waals surface area (Å²) in [6.07, 6.45) is 1.33. The summed E-state index contributed by atoms with van der Waals surface area (Å²) in [5.74, 6) is -1.26. The molecule has 0 aromatic heterocycles. The Labute approximate surface area is 109 Å². The molecule has 104 valence electrons. The summed E-state index contributed by atoms with van der Waals surface area (Å²) in [5, 5.41) is 2.41. The Balaban J connectivity index is 0. The van der Waals surface area contributed by atoms with Crippen LogP contribution in [0.15, 0.2) is 0 Å². The number of amides is 1. The van der Waals surface area contributed by atoms with Crippen molar-refractivity contribution in [1.82, 2.24) is 5.32 Å². The van der Waals surface area contributed by atoms with Crippen LogP contribution in [-0.4, -0.2) is 29.3 Å². The molecule has 0 saturated heterocycles. The average molecular weight is 295 g/mol. The van der Waals surface area contributed by atoms with Crippen molar-refractivity contribution < 1.29 is 18.0 Å². The van der Waals surface area contributed by atoms with E-state index in [1.165, 1.54) is 0 Å². The normalized spacial score (nSPS) is 11.9. The number of alkyl halides is 3. The minimum Gasteiger partial charge on any atom is -0.354 e. The number of hydrogen-bond acceptors (Lipinski definition) is 3. The monoisotopic (exact) mass is 294 g/mol. The van der Waals surface area contributed by atoms with Crippen LogP contribution in [0.25, 0.3) is 0 Å². The Hall–Kier alpha value is -0.140. The first-order valence-electron chi connectivity index (χ1n) is 4.98. The van der Waals surface area contributed by atoms with Crippen molar-refractivity contribution in [2.24, 2.45) is 5.73 Å². The van der Waals surface area contributed by atoms with Crippen molar-refractivity contribution in [3.05, 3.63) is 0 Å². The van der Waals surface area contributed by atoms with Gasteiger partial charge in [0.25, 0.3) is 0 Å². The standard InChI is InChI=1S/C9H17F3N2OS.ClH/c1-3-8(13,4-2)6-14-7(15)5-16-9(10,11)12;/h3-6,13H2,1-2H3,(H,14,15);1H. The molecule has 1 amide bonds. The molecule has 0 aliphatic heterocycles. The van der Waals surface area contributed by atoms with Crippen LogP contribution in [0.1, 0.15) is 26.7 Å². The van der Waals surface area contributed by atoms with Crippen LogP contribution in [0.4, 0.5) is 13.2 Å². The van der Waals surface area contributed by atoms with Gasteiger partial charge in [0.15, 0.2) is 0 Å². The molecule has 3 N–H and O–H groups in total. The molecule has 0 heterocycles. The second-order valence-corrected chi connectivity index (χ2v) is 4.62. The van der Waals surface area contributed by atoms with E-state index in [0.717, 1.165) is 0 Å². The third-order valence-corrected chi connectivity index (χ3v) is 3.15. The van der Waals surface area contributed by atoms with Crippen LogP contribution in [0.5, 0.6) is 0 Å². The highest BCUT2D eigenvalue weighted by Gasteiger charge is 2.29. The Kier molecular flexibility index (Phi) is 9.09. The molecule has 3 nitrogen and oxygen atoms in total. The van der Waals surface area contributed by atoms with Gasteiger partial charge in [0, 0.05) is 12.1 Å². The number of rotatable bonds is 6. The summed E-state index contributed by atoms with van der Waals surface area (Å²) in [6, 6.07) is 0.